The van der Waals surface area contributed by atoms with Crippen molar-refractivity contribution < 1.29 is 13.2 Å². The third-order valence-electron chi connectivity index (χ3n) is 5.46. The molecule has 0 spiro atoms. The van der Waals surface area contributed by atoms with E-state index in [0.717, 1.165) is 45.4 Å². The Morgan fingerprint density at radius 3 is 2.59 bits per heavy atom. The molecule has 0 saturated carbocycles. The first-order chi connectivity index (χ1) is 12.9. The molecule has 1 aromatic carbocycles. The highest BCUT2D eigenvalue weighted by molar-refractivity contribution is 7.89. The number of nitrogens with one attached hydrogen (secondary N) is 2. The van der Waals surface area contributed by atoms with E-state index in [1.54, 1.807) is 24.3 Å². The number of benzene rings is 1. The van der Waals surface area contributed by atoms with Crippen LogP contribution in [-0.4, -0.2) is 69.8 Å². The van der Waals surface area contributed by atoms with Gasteiger partial charge in [0.05, 0.1) is 4.90 Å². The molecule has 2 N–H and O–H groups in total. The van der Waals surface area contributed by atoms with Gasteiger partial charge in [-0.2, -0.15) is 4.31 Å². The van der Waals surface area contributed by atoms with Gasteiger partial charge >= 0.3 is 0 Å². The molecule has 2 fully saturated rings. The van der Waals surface area contributed by atoms with E-state index in [0.29, 0.717) is 31.1 Å². The number of likely N-dealkylation sites (N-methyl/N-ethyl adjacent to an activating group) is 1. The lowest BCUT2D eigenvalue weighted by molar-refractivity contribution is -0.116. The monoisotopic (exact) mass is 394 g/mol. The van der Waals surface area contributed by atoms with E-state index < -0.39 is 10.0 Å². The zero-order chi connectivity index (χ0) is 19.3. The van der Waals surface area contributed by atoms with Crippen LogP contribution in [0.25, 0.3) is 0 Å². The SMILES string of the molecule is CN1CCN(S(=O)(=O)c2cccc(NC(=O)CCC3CCNCC3)c2)CC1. The second-order valence-corrected chi connectivity index (χ2v) is 9.45. The average Bonchev–Trinajstić information content (AvgIpc) is 2.68. The van der Waals surface area contributed by atoms with Crippen molar-refractivity contribution in [1.29, 1.82) is 0 Å². The van der Waals surface area contributed by atoms with Gasteiger partial charge in [0.2, 0.25) is 15.9 Å². The van der Waals surface area contributed by atoms with Gasteiger partial charge in [-0.3, -0.25) is 4.79 Å². The lowest BCUT2D eigenvalue weighted by Gasteiger charge is -2.31. The predicted octanol–water partition coefficient (Wildman–Crippen LogP) is 1.34. The number of nitrogens with zero attached hydrogens (tertiary/aromatic N) is 2. The van der Waals surface area contributed by atoms with Crippen LogP contribution in [0.2, 0.25) is 0 Å². The van der Waals surface area contributed by atoms with E-state index in [1.807, 2.05) is 7.05 Å². The molecule has 0 radical (unpaired) electrons. The third-order valence-corrected chi connectivity index (χ3v) is 7.35. The van der Waals surface area contributed by atoms with Crippen LogP contribution >= 0.6 is 0 Å². The number of rotatable bonds is 6. The Morgan fingerprint density at radius 2 is 1.89 bits per heavy atom. The number of carbonyl (C=O) groups excluding carboxylic acids is 1. The largest absolute Gasteiger partial charge is 0.326 e. The van der Waals surface area contributed by atoms with Crippen molar-refractivity contribution in [2.75, 3.05) is 51.6 Å². The summed E-state index contributed by atoms with van der Waals surface area (Å²) in [7, 11) is -1.53. The fourth-order valence-corrected chi connectivity index (χ4v) is 5.11. The molecule has 150 valence electrons. The molecule has 0 atom stereocenters. The van der Waals surface area contributed by atoms with Gasteiger partial charge in [-0.25, -0.2) is 8.42 Å². The number of hydrogen-bond acceptors (Lipinski definition) is 5. The van der Waals surface area contributed by atoms with E-state index >= 15 is 0 Å². The summed E-state index contributed by atoms with van der Waals surface area (Å²) in [4.78, 5) is 14.6. The molecule has 2 saturated heterocycles. The molecule has 3 rings (SSSR count). The second kappa shape index (κ2) is 9.14. The van der Waals surface area contributed by atoms with Gasteiger partial charge in [-0.15, -0.1) is 0 Å². The summed E-state index contributed by atoms with van der Waals surface area (Å²) in [6.45, 7) is 4.49. The van der Waals surface area contributed by atoms with Crippen LogP contribution in [0.3, 0.4) is 0 Å². The van der Waals surface area contributed by atoms with Crippen LogP contribution in [-0.2, 0) is 14.8 Å². The summed E-state index contributed by atoms with van der Waals surface area (Å²) >= 11 is 0. The highest BCUT2D eigenvalue weighted by atomic mass is 32.2. The molecule has 27 heavy (non-hydrogen) atoms. The number of piperazine rings is 1. The lowest BCUT2D eigenvalue weighted by Crippen LogP contribution is -2.47. The van der Waals surface area contributed by atoms with Gasteiger partial charge in [0.15, 0.2) is 0 Å². The molecule has 0 unspecified atom stereocenters. The molecule has 8 heteroatoms. The standard InChI is InChI=1S/C19H30N4O3S/c1-22-11-13-23(14-12-22)27(25,26)18-4-2-3-17(15-18)21-19(24)6-5-16-7-9-20-10-8-16/h2-4,15-16,20H,5-14H2,1H3,(H,21,24). The van der Waals surface area contributed by atoms with Crippen molar-refractivity contribution in [3.63, 3.8) is 0 Å². The molecule has 2 heterocycles. The minimum atomic E-state index is -3.52. The normalized spacial score (nSPS) is 20.5. The third kappa shape index (κ3) is 5.51. The average molecular weight is 395 g/mol. The van der Waals surface area contributed by atoms with Crippen molar-refractivity contribution in [3.8, 4) is 0 Å². The van der Waals surface area contributed by atoms with Crippen LogP contribution in [0.4, 0.5) is 5.69 Å². The number of amides is 1. The summed E-state index contributed by atoms with van der Waals surface area (Å²) in [6, 6.07) is 6.59. The molecule has 1 aromatic rings. The number of carbonyl (C=O) groups is 1. The van der Waals surface area contributed by atoms with Gasteiger partial charge in [-0.05, 0) is 63.5 Å². The zero-order valence-electron chi connectivity index (χ0n) is 16.0. The summed E-state index contributed by atoms with van der Waals surface area (Å²) in [5.41, 5.74) is 0.542. The molecule has 7 nitrogen and oxygen atoms in total. The quantitative estimate of drug-likeness (QED) is 0.761. The molecule has 0 aromatic heterocycles. The van der Waals surface area contributed by atoms with Gasteiger partial charge in [0.25, 0.3) is 0 Å². The summed E-state index contributed by atoms with van der Waals surface area (Å²) in [5.74, 6) is 0.545. The Kier molecular flexibility index (Phi) is 6.86. The van der Waals surface area contributed by atoms with Crippen LogP contribution in [0, 0.1) is 5.92 Å². The number of anilines is 1. The Balaban J connectivity index is 1.58. The van der Waals surface area contributed by atoms with Gasteiger partial charge in [0.1, 0.15) is 0 Å². The maximum absolute atomic E-state index is 12.9. The maximum Gasteiger partial charge on any atom is 0.243 e. The van der Waals surface area contributed by atoms with Crippen molar-refractivity contribution in [2.24, 2.45) is 5.92 Å². The first-order valence-corrected chi connectivity index (χ1v) is 11.2. The van der Waals surface area contributed by atoms with E-state index in [1.165, 1.54) is 4.31 Å². The van der Waals surface area contributed by atoms with Crippen LogP contribution < -0.4 is 10.6 Å². The van der Waals surface area contributed by atoms with E-state index in [-0.39, 0.29) is 10.8 Å². The van der Waals surface area contributed by atoms with Crippen molar-refractivity contribution in [3.05, 3.63) is 24.3 Å². The summed E-state index contributed by atoms with van der Waals surface area (Å²) in [5, 5.41) is 6.19. The van der Waals surface area contributed by atoms with Gasteiger partial charge in [0, 0.05) is 38.3 Å². The topological polar surface area (TPSA) is 81.8 Å². The van der Waals surface area contributed by atoms with Crippen LogP contribution in [0.5, 0.6) is 0 Å². The lowest BCUT2D eigenvalue weighted by atomic mass is 9.93. The first-order valence-electron chi connectivity index (χ1n) is 9.74. The molecule has 2 aliphatic heterocycles. The Labute approximate surface area is 162 Å². The highest BCUT2D eigenvalue weighted by Gasteiger charge is 2.27. The molecule has 0 aliphatic carbocycles. The summed E-state index contributed by atoms with van der Waals surface area (Å²) < 4.78 is 27.2. The predicted molar refractivity (Wildman–Crippen MR) is 106 cm³/mol. The maximum atomic E-state index is 12.9. The van der Waals surface area contributed by atoms with Crippen LogP contribution in [0.1, 0.15) is 25.7 Å². The number of piperidine rings is 1. The van der Waals surface area contributed by atoms with Gasteiger partial charge < -0.3 is 15.5 Å². The highest BCUT2D eigenvalue weighted by Crippen LogP contribution is 2.22. The first kappa shape index (κ1) is 20.3. The second-order valence-electron chi connectivity index (χ2n) is 7.52. The molecular formula is C19H30N4O3S. The van der Waals surface area contributed by atoms with Gasteiger partial charge in [-0.1, -0.05) is 6.07 Å². The van der Waals surface area contributed by atoms with E-state index in [2.05, 4.69) is 15.5 Å². The fraction of sp³-hybridized carbons (Fsp3) is 0.632. The van der Waals surface area contributed by atoms with Crippen molar-refractivity contribution in [1.82, 2.24) is 14.5 Å². The molecular weight excluding hydrogens is 364 g/mol. The number of hydrogen-bond donors (Lipinski definition) is 2. The van der Waals surface area contributed by atoms with E-state index in [4.69, 9.17) is 0 Å². The Bertz CT molecular complexity index is 739. The molecule has 0 bridgehead atoms. The molecule has 1 amide bonds. The Morgan fingerprint density at radius 1 is 1.19 bits per heavy atom. The van der Waals surface area contributed by atoms with Crippen LogP contribution in [0.15, 0.2) is 29.2 Å². The minimum Gasteiger partial charge on any atom is -0.326 e. The molecule has 2 aliphatic rings. The zero-order valence-corrected chi connectivity index (χ0v) is 16.8. The minimum absolute atomic E-state index is 0.0531. The number of sulfonamides is 1. The summed E-state index contributed by atoms with van der Waals surface area (Å²) in [6.07, 6.45) is 3.59. The smallest absolute Gasteiger partial charge is 0.243 e. The Hall–Kier alpha value is -1.48. The van der Waals surface area contributed by atoms with Crippen molar-refractivity contribution >= 4 is 21.6 Å². The fourth-order valence-electron chi connectivity index (χ4n) is 3.64. The van der Waals surface area contributed by atoms with E-state index in [9.17, 15) is 13.2 Å². The van der Waals surface area contributed by atoms with Crippen molar-refractivity contribution in [2.45, 2.75) is 30.6 Å².